The predicted octanol–water partition coefficient (Wildman–Crippen LogP) is 5.63. The molecule has 0 saturated heterocycles. The molecule has 0 unspecified atom stereocenters. The minimum Gasteiger partial charge on any atom is -0.279 e. The fraction of sp³-hybridized carbons (Fsp3) is 1.00. The van der Waals surface area contributed by atoms with Crippen molar-refractivity contribution >= 4 is 20.5 Å². The summed E-state index contributed by atoms with van der Waals surface area (Å²) in [6, 6.07) is 2.98. The molecule has 8 heteroatoms. The maximum Gasteiger partial charge on any atom is 0.129 e. The van der Waals surface area contributed by atoms with Crippen LogP contribution in [-0.2, 0) is 0 Å². The van der Waals surface area contributed by atoms with Crippen LogP contribution in [0.2, 0.25) is 12.1 Å². The number of hydrogen-bond acceptors (Lipinski definition) is 6. The molecule has 0 aliphatic carbocycles. The lowest BCUT2D eigenvalue weighted by atomic mass is 10.0. The van der Waals surface area contributed by atoms with Crippen molar-refractivity contribution in [2.75, 3.05) is 84.6 Å². The first-order valence-electron chi connectivity index (χ1n) is 18.3. The van der Waals surface area contributed by atoms with E-state index in [1.54, 1.807) is 0 Å². The predicted molar refractivity (Wildman–Crippen MR) is 205 cm³/mol. The second-order valence-electron chi connectivity index (χ2n) is 14.4. The average molecular weight is 645 g/mol. The summed E-state index contributed by atoms with van der Waals surface area (Å²) in [5, 5.41) is 0. The van der Waals surface area contributed by atoms with Crippen LogP contribution < -0.4 is 0 Å². The van der Waals surface area contributed by atoms with Gasteiger partial charge in [-0.2, -0.15) is 0 Å². The fourth-order valence-corrected chi connectivity index (χ4v) is 8.26. The van der Waals surface area contributed by atoms with E-state index in [0.717, 1.165) is 0 Å². The second-order valence-corrected chi connectivity index (χ2v) is 16.4. The lowest BCUT2D eigenvalue weighted by molar-refractivity contribution is -0.115. The minimum atomic E-state index is 0.0451. The van der Waals surface area contributed by atoms with E-state index < -0.39 is 0 Å². The van der Waals surface area contributed by atoms with Crippen LogP contribution in [0.25, 0.3) is 0 Å². The Bertz CT molecular complexity index is 555. The highest BCUT2D eigenvalue weighted by molar-refractivity contribution is 6.08. The minimum absolute atomic E-state index is 0.0451. The number of unbranched alkanes of at least 4 members (excludes halogenated alkanes) is 15. The molecule has 43 heavy (non-hydrogen) atoms. The van der Waals surface area contributed by atoms with E-state index in [-0.39, 0.29) is 11.6 Å². The molecule has 0 atom stereocenters. The van der Waals surface area contributed by atoms with Gasteiger partial charge in [-0.1, -0.05) is 108 Å². The molecule has 0 aromatic heterocycles. The van der Waals surface area contributed by atoms with Crippen LogP contribution in [0.5, 0.6) is 0 Å². The van der Waals surface area contributed by atoms with Crippen LogP contribution in [-0.4, -0.2) is 146 Å². The molecule has 0 aliphatic heterocycles. The van der Waals surface area contributed by atoms with Gasteiger partial charge in [0, 0.05) is 20.5 Å². The first-order valence-corrected chi connectivity index (χ1v) is 21.2. The van der Waals surface area contributed by atoms with Gasteiger partial charge in [-0.05, 0) is 110 Å². The van der Waals surface area contributed by atoms with E-state index in [9.17, 15) is 0 Å². The van der Waals surface area contributed by atoms with Crippen molar-refractivity contribution < 1.29 is 0 Å². The molecule has 262 valence electrons. The third-order valence-corrected chi connectivity index (χ3v) is 11.2. The number of rotatable bonds is 27. The van der Waals surface area contributed by atoms with Gasteiger partial charge in [0.2, 0.25) is 0 Å². The lowest BCUT2D eigenvalue weighted by Gasteiger charge is -2.50. The summed E-state index contributed by atoms with van der Waals surface area (Å²) < 4.78 is 0. The van der Waals surface area contributed by atoms with Crippen molar-refractivity contribution in [1.29, 1.82) is 0 Å². The second kappa shape index (κ2) is 27.3. The highest BCUT2D eigenvalue weighted by atomic mass is 28.1. The van der Waals surface area contributed by atoms with Crippen LogP contribution in [0.3, 0.4) is 0 Å². The van der Waals surface area contributed by atoms with Crippen molar-refractivity contribution in [3.8, 4) is 0 Å². The summed E-state index contributed by atoms with van der Waals surface area (Å²) in [7, 11) is 29.1. The molecule has 0 radical (unpaired) electrons. The van der Waals surface area contributed by atoms with E-state index in [2.05, 4.69) is 114 Å². The smallest absolute Gasteiger partial charge is 0.129 e. The Morgan fingerprint density at radius 3 is 0.605 bits per heavy atom. The Kier molecular flexibility index (Phi) is 28.8. The molecule has 0 amide bonds. The Hall–Kier alpha value is 0.194. The number of hydrogen-bond donors (Lipinski definition) is 0. The maximum atomic E-state index is 2.35. The lowest BCUT2D eigenvalue weighted by Crippen LogP contribution is -2.63. The van der Waals surface area contributed by atoms with Crippen molar-refractivity contribution in [2.45, 2.75) is 146 Å². The highest BCUT2D eigenvalue weighted by Crippen LogP contribution is 2.27. The van der Waals surface area contributed by atoms with Gasteiger partial charge in [0.15, 0.2) is 0 Å². The molecular weight excluding hydrogens is 561 g/mol. The van der Waals surface area contributed by atoms with Gasteiger partial charge in [0.1, 0.15) is 11.6 Å². The van der Waals surface area contributed by atoms with Crippen molar-refractivity contribution in [2.24, 2.45) is 0 Å². The largest absolute Gasteiger partial charge is 0.279 e. The topological polar surface area (TPSA) is 19.4 Å². The summed E-state index contributed by atoms with van der Waals surface area (Å²) in [6.07, 6.45) is 26.6. The molecule has 0 spiro atoms. The molecule has 0 aromatic rings. The van der Waals surface area contributed by atoms with Gasteiger partial charge < -0.3 is 0 Å². The van der Waals surface area contributed by atoms with Crippen LogP contribution in [0.4, 0.5) is 0 Å². The number of nitrogens with zero attached hydrogens (tertiary/aromatic N) is 6. The van der Waals surface area contributed by atoms with Crippen LogP contribution in [0.15, 0.2) is 0 Å². The SMILES string of the molecule is CN(C)C(CCCCCCCCCCC[SiH3])(N(C)C)N(C)C.CN(C)C(CCCCCCCCCC[SiH3])(N(C)C)N(C)C. The molecule has 0 heterocycles. The van der Waals surface area contributed by atoms with E-state index in [1.165, 1.54) is 155 Å². The molecule has 0 aliphatic rings. The van der Waals surface area contributed by atoms with Crippen molar-refractivity contribution in [3.05, 3.63) is 0 Å². The van der Waals surface area contributed by atoms with Gasteiger partial charge in [0.05, 0.1) is 0 Å². The zero-order valence-corrected chi connectivity index (χ0v) is 36.5. The first kappa shape index (κ1) is 45.3. The summed E-state index contributed by atoms with van der Waals surface area (Å²) in [6.45, 7) is 0. The molecule has 0 fully saturated rings. The first-order chi connectivity index (χ1) is 20.3. The highest BCUT2D eigenvalue weighted by Gasteiger charge is 2.37. The van der Waals surface area contributed by atoms with Crippen LogP contribution in [0, 0.1) is 0 Å². The Morgan fingerprint density at radius 2 is 0.442 bits per heavy atom. The van der Waals surface area contributed by atoms with Crippen LogP contribution in [0.1, 0.15) is 122 Å². The summed E-state index contributed by atoms with van der Waals surface area (Å²) >= 11 is 0. The third-order valence-electron chi connectivity index (χ3n) is 9.78. The van der Waals surface area contributed by atoms with Crippen LogP contribution >= 0.6 is 0 Å². The Morgan fingerprint density at radius 1 is 0.279 bits per heavy atom. The average Bonchev–Trinajstić information content (AvgIpc) is 2.92. The van der Waals surface area contributed by atoms with Crippen molar-refractivity contribution in [3.63, 3.8) is 0 Å². The molecule has 0 aromatic carbocycles. The molecule has 0 saturated carbocycles. The summed E-state index contributed by atoms with van der Waals surface area (Å²) in [5.41, 5.74) is 0. The van der Waals surface area contributed by atoms with E-state index >= 15 is 0 Å². The molecule has 0 rings (SSSR count). The summed E-state index contributed by atoms with van der Waals surface area (Å²) in [5.74, 6) is 0.0917. The van der Waals surface area contributed by atoms with Gasteiger partial charge in [-0.15, -0.1) is 0 Å². The third kappa shape index (κ3) is 18.2. The maximum absolute atomic E-state index is 2.35. The zero-order valence-electron chi connectivity index (χ0n) is 32.5. The molecule has 0 N–H and O–H groups in total. The molecule has 0 bridgehead atoms. The van der Waals surface area contributed by atoms with Gasteiger partial charge in [0.25, 0.3) is 0 Å². The standard InChI is InChI=1S/C18H43N3Si.C17H41N3Si/c1-19(2)18(20(3)4,21(5)6)16-14-12-10-8-7-9-11-13-15-17-22;1-18(2)17(19(3)4,20(5)6)15-13-11-9-7-8-10-12-14-16-21/h7-17H2,1-6,22H3;7-16H2,1-6,21H3. The Balaban J connectivity index is 0. The zero-order chi connectivity index (χ0) is 33.3. The Labute approximate surface area is 279 Å². The van der Waals surface area contributed by atoms with Gasteiger partial charge >= 0.3 is 0 Å². The van der Waals surface area contributed by atoms with Gasteiger partial charge in [-0.3, -0.25) is 29.4 Å². The van der Waals surface area contributed by atoms with E-state index in [0.29, 0.717) is 0 Å². The molecular formula is C35H84N6Si2. The van der Waals surface area contributed by atoms with E-state index in [4.69, 9.17) is 0 Å². The summed E-state index contributed by atoms with van der Waals surface area (Å²) in [4.78, 5) is 14.1. The monoisotopic (exact) mass is 645 g/mol. The molecule has 6 nitrogen and oxygen atoms in total. The van der Waals surface area contributed by atoms with Crippen molar-refractivity contribution in [1.82, 2.24) is 29.4 Å². The van der Waals surface area contributed by atoms with E-state index in [1.807, 2.05) is 0 Å². The fourth-order valence-electron chi connectivity index (χ4n) is 7.26. The quantitative estimate of drug-likeness (QED) is 0.0652. The van der Waals surface area contributed by atoms with Gasteiger partial charge in [-0.25, -0.2) is 0 Å². The normalized spacial score (nSPS) is 13.0.